The third-order valence-electron chi connectivity index (χ3n) is 4.30. The van der Waals surface area contributed by atoms with Crippen molar-refractivity contribution in [2.45, 2.75) is 55.2 Å². The fraction of sp³-hybridized carbons (Fsp3) is 0.562. The van der Waals surface area contributed by atoms with Crippen molar-refractivity contribution in [3.8, 4) is 0 Å². The van der Waals surface area contributed by atoms with Gasteiger partial charge >= 0.3 is 0 Å². The Labute approximate surface area is 129 Å². The van der Waals surface area contributed by atoms with Gasteiger partial charge in [-0.25, -0.2) is 4.98 Å². The fourth-order valence-electron chi connectivity index (χ4n) is 2.82. The first-order valence-corrected chi connectivity index (χ1v) is 8.67. The predicted molar refractivity (Wildman–Crippen MR) is 84.7 cm³/mol. The van der Waals surface area contributed by atoms with Gasteiger partial charge in [0.25, 0.3) is 0 Å². The second kappa shape index (κ2) is 5.63. The van der Waals surface area contributed by atoms with Crippen LogP contribution in [0.15, 0.2) is 29.4 Å². The predicted octanol–water partition coefficient (Wildman–Crippen LogP) is 2.86. The largest absolute Gasteiger partial charge is 0.377 e. The van der Waals surface area contributed by atoms with Gasteiger partial charge in [-0.15, -0.1) is 0 Å². The molecule has 1 N–H and O–H groups in total. The molecule has 1 aliphatic heterocycles. The van der Waals surface area contributed by atoms with Crippen LogP contribution in [0.2, 0.25) is 0 Å². The topological polar surface area (TPSA) is 38.6 Å². The highest BCUT2D eigenvalue weighted by Gasteiger charge is 2.28. The molecule has 2 aliphatic rings. The van der Waals surface area contributed by atoms with Crippen LogP contribution in [0, 0.1) is 0 Å². The smallest absolute Gasteiger partial charge is 0.138 e. The van der Waals surface area contributed by atoms with E-state index in [4.69, 9.17) is 9.72 Å². The van der Waals surface area contributed by atoms with Gasteiger partial charge in [-0.3, -0.25) is 0 Å². The summed E-state index contributed by atoms with van der Waals surface area (Å²) in [5.74, 6) is 0. The van der Waals surface area contributed by atoms with Crippen LogP contribution >= 0.6 is 11.8 Å². The number of rotatable bonds is 5. The maximum atomic E-state index is 5.69. The summed E-state index contributed by atoms with van der Waals surface area (Å²) < 4.78 is 7.91. The SMILES string of the molecule is CC1OCCC1Sc1nc2ccccn2c1CNC1CC1. The van der Waals surface area contributed by atoms with Crippen molar-refractivity contribution in [3.05, 3.63) is 30.1 Å². The van der Waals surface area contributed by atoms with E-state index < -0.39 is 0 Å². The highest BCUT2D eigenvalue weighted by Crippen LogP contribution is 2.34. The van der Waals surface area contributed by atoms with Gasteiger partial charge in [-0.05, 0) is 38.3 Å². The highest BCUT2D eigenvalue weighted by molar-refractivity contribution is 8.00. The normalized spacial score (nSPS) is 25.8. The molecule has 1 aliphatic carbocycles. The third-order valence-corrected chi connectivity index (χ3v) is 5.77. The van der Waals surface area contributed by atoms with Gasteiger partial charge in [0.15, 0.2) is 0 Å². The van der Waals surface area contributed by atoms with Crippen molar-refractivity contribution in [2.24, 2.45) is 0 Å². The molecule has 0 spiro atoms. The van der Waals surface area contributed by atoms with Crippen LogP contribution in [0.3, 0.4) is 0 Å². The third kappa shape index (κ3) is 2.82. The molecule has 2 unspecified atom stereocenters. The van der Waals surface area contributed by atoms with Crippen LogP contribution in [0.5, 0.6) is 0 Å². The van der Waals surface area contributed by atoms with Gasteiger partial charge in [0.05, 0.1) is 11.8 Å². The summed E-state index contributed by atoms with van der Waals surface area (Å²) in [6, 6.07) is 6.92. The second-order valence-corrected chi connectivity index (χ2v) is 7.20. The number of fused-ring (bicyclic) bond motifs is 1. The van der Waals surface area contributed by atoms with Gasteiger partial charge in [0.2, 0.25) is 0 Å². The number of imidazole rings is 1. The monoisotopic (exact) mass is 303 g/mol. The lowest BCUT2D eigenvalue weighted by Crippen LogP contribution is -2.18. The van der Waals surface area contributed by atoms with Crippen molar-refractivity contribution in [1.82, 2.24) is 14.7 Å². The van der Waals surface area contributed by atoms with E-state index in [0.717, 1.165) is 30.2 Å². The quantitative estimate of drug-likeness (QED) is 0.922. The van der Waals surface area contributed by atoms with Gasteiger partial charge in [-0.1, -0.05) is 17.8 Å². The minimum Gasteiger partial charge on any atom is -0.377 e. The second-order valence-electron chi connectivity index (χ2n) is 5.97. The van der Waals surface area contributed by atoms with E-state index in [1.165, 1.54) is 18.5 Å². The lowest BCUT2D eigenvalue weighted by Gasteiger charge is -2.13. The Morgan fingerprint density at radius 1 is 1.38 bits per heavy atom. The molecule has 1 saturated heterocycles. The molecule has 1 saturated carbocycles. The molecule has 2 aromatic heterocycles. The number of hydrogen-bond acceptors (Lipinski definition) is 4. The van der Waals surface area contributed by atoms with Crippen LogP contribution in [0.4, 0.5) is 0 Å². The molecule has 2 aromatic rings. The molecule has 112 valence electrons. The first kappa shape index (κ1) is 13.6. The molecular weight excluding hydrogens is 282 g/mol. The Kier molecular flexibility index (Phi) is 3.65. The molecule has 21 heavy (non-hydrogen) atoms. The summed E-state index contributed by atoms with van der Waals surface area (Å²) >= 11 is 1.89. The maximum Gasteiger partial charge on any atom is 0.138 e. The molecule has 5 heteroatoms. The number of nitrogens with one attached hydrogen (secondary N) is 1. The zero-order valence-corrected chi connectivity index (χ0v) is 13.1. The molecule has 0 radical (unpaired) electrons. The van der Waals surface area contributed by atoms with Crippen LogP contribution < -0.4 is 5.32 Å². The van der Waals surface area contributed by atoms with Crippen LogP contribution in [0.25, 0.3) is 5.65 Å². The molecule has 2 atom stereocenters. The van der Waals surface area contributed by atoms with E-state index in [1.807, 2.05) is 11.8 Å². The standard InChI is InChI=1S/C16H21N3OS/c1-11-14(7-9-20-11)21-16-13(10-17-12-5-6-12)19-8-3-2-4-15(19)18-16/h2-4,8,11-12,14,17H,5-7,9-10H2,1H3. The summed E-state index contributed by atoms with van der Waals surface area (Å²) in [7, 11) is 0. The molecule has 0 bridgehead atoms. The summed E-state index contributed by atoms with van der Waals surface area (Å²) in [5, 5.41) is 5.31. The number of thioether (sulfide) groups is 1. The first-order valence-electron chi connectivity index (χ1n) is 7.79. The van der Waals surface area contributed by atoms with Gasteiger partial charge in [0.1, 0.15) is 10.7 Å². The van der Waals surface area contributed by atoms with Crippen LogP contribution in [-0.4, -0.2) is 33.4 Å². The van der Waals surface area contributed by atoms with E-state index in [9.17, 15) is 0 Å². The molecule has 4 nitrogen and oxygen atoms in total. The van der Waals surface area contributed by atoms with E-state index in [1.54, 1.807) is 0 Å². The summed E-state index contributed by atoms with van der Waals surface area (Å²) in [6.45, 7) is 3.95. The first-order chi connectivity index (χ1) is 10.3. The average molecular weight is 303 g/mol. The Morgan fingerprint density at radius 3 is 3.05 bits per heavy atom. The summed E-state index contributed by atoms with van der Waals surface area (Å²) in [6.07, 6.45) is 6.18. The number of hydrogen-bond donors (Lipinski definition) is 1. The Hall–Kier alpha value is -1.04. The summed E-state index contributed by atoms with van der Waals surface area (Å²) in [4.78, 5) is 4.84. The van der Waals surface area contributed by atoms with Crippen molar-refractivity contribution in [3.63, 3.8) is 0 Å². The fourth-order valence-corrected chi connectivity index (χ4v) is 4.04. The Morgan fingerprint density at radius 2 is 2.29 bits per heavy atom. The minimum atomic E-state index is 0.323. The molecule has 4 rings (SSSR count). The Bertz CT molecular complexity index is 637. The van der Waals surface area contributed by atoms with E-state index in [0.29, 0.717) is 17.4 Å². The number of aromatic nitrogens is 2. The number of nitrogens with zero attached hydrogens (tertiary/aromatic N) is 2. The van der Waals surface area contributed by atoms with Crippen molar-refractivity contribution < 1.29 is 4.74 Å². The minimum absolute atomic E-state index is 0.323. The van der Waals surface area contributed by atoms with Gasteiger partial charge in [0, 0.05) is 30.6 Å². The maximum absolute atomic E-state index is 5.69. The zero-order chi connectivity index (χ0) is 14.2. The number of ether oxygens (including phenoxy) is 1. The lowest BCUT2D eigenvalue weighted by atomic mass is 10.3. The Balaban J connectivity index is 1.63. The van der Waals surface area contributed by atoms with Crippen molar-refractivity contribution in [2.75, 3.05) is 6.61 Å². The zero-order valence-electron chi connectivity index (χ0n) is 12.3. The van der Waals surface area contributed by atoms with E-state index in [-0.39, 0.29) is 0 Å². The molecule has 3 heterocycles. The molecule has 0 aromatic carbocycles. The van der Waals surface area contributed by atoms with Gasteiger partial charge in [-0.2, -0.15) is 0 Å². The van der Waals surface area contributed by atoms with Crippen molar-refractivity contribution in [1.29, 1.82) is 0 Å². The van der Waals surface area contributed by atoms with Crippen LogP contribution in [0.1, 0.15) is 31.9 Å². The van der Waals surface area contributed by atoms with Crippen molar-refractivity contribution >= 4 is 17.4 Å². The number of pyridine rings is 1. The van der Waals surface area contributed by atoms with Crippen LogP contribution in [-0.2, 0) is 11.3 Å². The molecule has 2 fully saturated rings. The average Bonchev–Trinajstić information content (AvgIpc) is 3.14. The van der Waals surface area contributed by atoms with Gasteiger partial charge < -0.3 is 14.5 Å². The highest BCUT2D eigenvalue weighted by atomic mass is 32.2. The molecule has 0 amide bonds. The van der Waals surface area contributed by atoms with E-state index in [2.05, 4.69) is 41.0 Å². The molecular formula is C16H21N3OS. The lowest BCUT2D eigenvalue weighted by molar-refractivity contribution is 0.127. The van der Waals surface area contributed by atoms with E-state index >= 15 is 0 Å². The summed E-state index contributed by atoms with van der Waals surface area (Å²) in [5.41, 5.74) is 2.33.